The van der Waals surface area contributed by atoms with E-state index in [4.69, 9.17) is 10.00 Å². The van der Waals surface area contributed by atoms with Crippen molar-refractivity contribution in [2.24, 2.45) is 0 Å². The molecule has 0 bridgehead atoms. The molecule has 0 fully saturated rings. The van der Waals surface area contributed by atoms with Gasteiger partial charge < -0.3 is 4.74 Å². The lowest BCUT2D eigenvalue weighted by atomic mass is 10.1. The molecule has 2 aromatic rings. The van der Waals surface area contributed by atoms with Gasteiger partial charge >= 0.3 is 0 Å². The van der Waals surface area contributed by atoms with Gasteiger partial charge in [-0.05, 0) is 30.7 Å². The average molecular weight is 224 g/mol. The molecule has 0 aliphatic carbocycles. The van der Waals surface area contributed by atoms with E-state index in [9.17, 15) is 0 Å². The Hall–Kier alpha value is -2.34. The monoisotopic (exact) mass is 224 g/mol. The molecule has 2 rings (SSSR count). The fourth-order valence-electron chi connectivity index (χ4n) is 1.57. The summed E-state index contributed by atoms with van der Waals surface area (Å²) in [5.74, 6) is 0.848. The highest BCUT2D eigenvalue weighted by molar-refractivity contribution is 5.64. The topological polar surface area (TPSA) is 45.9 Å². The Balaban J connectivity index is 2.30. The van der Waals surface area contributed by atoms with Crippen molar-refractivity contribution < 1.29 is 4.74 Å². The predicted molar refractivity (Wildman–Crippen MR) is 65.6 cm³/mol. The molecule has 1 aromatic carbocycles. The molecule has 0 saturated heterocycles. The second-order valence-corrected chi connectivity index (χ2v) is 3.53. The molecule has 0 saturated carbocycles. The Kier molecular flexibility index (Phi) is 3.37. The highest BCUT2D eigenvalue weighted by Crippen LogP contribution is 2.22. The molecule has 0 aliphatic rings. The number of benzene rings is 1. The second kappa shape index (κ2) is 5.13. The zero-order chi connectivity index (χ0) is 12.1. The first-order chi connectivity index (χ1) is 8.33. The fraction of sp³-hybridized carbons (Fsp3) is 0.143. The van der Waals surface area contributed by atoms with E-state index in [-0.39, 0.29) is 0 Å². The van der Waals surface area contributed by atoms with Gasteiger partial charge in [-0.25, -0.2) is 0 Å². The van der Waals surface area contributed by atoms with Crippen LogP contribution in [0.15, 0.2) is 42.7 Å². The molecule has 84 valence electrons. The van der Waals surface area contributed by atoms with Gasteiger partial charge in [-0.2, -0.15) is 5.26 Å². The van der Waals surface area contributed by atoms with E-state index >= 15 is 0 Å². The molecule has 0 amide bonds. The van der Waals surface area contributed by atoms with Gasteiger partial charge in [0, 0.05) is 18.0 Å². The summed E-state index contributed by atoms with van der Waals surface area (Å²) in [7, 11) is 0. The first-order valence-corrected chi connectivity index (χ1v) is 5.42. The Labute approximate surface area is 100 Å². The molecule has 3 nitrogen and oxygen atoms in total. The van der Waals surface area contributed by atoms with Crippen LogP contribution in [0.3, 0.4) is 0 Å². The van der Waals surface area contributed by atoms with E-state index in [0.29, 0.717) is 12.2 Å². The summed E-state index contributed by atoms with van der Waals surface area (Å²) in [6.45, 7) is 2.61. The first-order valence-electron chi connectivity index (χ1n) is 5.42. The van der Waals surface area contributed by atoms with E-state index in [1.807, 2.05) is 37.3 Å². The summed E-state index contributed by atoms with van der Waals surface area (Å²) in [6, 6.07) is 11.7. The van der Waals surface area contributed by atoms with Crippen LogP contribution in [0, 0.1) is 11.3 Å². The highest BCUT2D eigenvalue weighted by Gasteiger charge is 2.00. The van der Waals surface area contributed by atoms with Crippen molar-refractivity contribution >= 4 is 0 Å². The minimum absolute atomic E-state index is 0.566. The Morgan fingerprint density at radius 2 is 1.94 bits per heavy atom. The predicted octanol–water partition coefficient (Wildman–Crippen LogP) is 3.02. The molecule has 17 heavy (non-hydrogen) atoms. The van der Waals surface area contributed by atoms with Gasteiger partial charge in [0.1, 0.15) is 11.8 Å². The van der Waals surface area contributed by atoms with Crippen LogP contribution >= 0.6 is 0 Å². The number of pyridine rings is 1. The lowest BCUT2D eigenvalue weighted by Crippen LogP contribution is -1.90. The molecule has 3 heteroatoms. The van der Waals surface area contributed by atoms with Crippen molar-refractivity contribution in [3.8, 4) is 22.9 Å². The van der Waals surface area contributed by atoms with Crippen LogP contribution in [-0.4, -0.2) is 11.6 Å². The third kappa shape index (κ3) is 2.61. The van der Waals surface area contributed by atoms with Crippen LogP contribution in [0.25, 0.3) is 11.1 Å². The van der Waals surface area contributed by atoms with E-state index in [1.165, 1.54) is 0 Å². The number of ether oxygens (including phenoxy) is 1. The van der Waals surface area contributed by atoms with Crippen molar-refractivity contribution in [3.05, 3.63) is 48.3 Å². The van der Waals surface area contributed by atoms with Crippen molar-refractivity contribution in [1.82, 2.24) is 4.98 Å². The van der Waals surface area contributed by atoms with Crippen LogP contribution in [-0.2, 0) is 0 Å². The smallest absolute Gasteiger partial charge is 0.119 e. The van der Waals surface area contributed by atoms with Gasteiger partial charge in [0.2, 0.25) is 0 Å². The van der Waals surface area contributed by atoms with E-state index < -0.39 is 0 Å². The summed E-state index contributed by atoms with van der Waals surface area (Å²) < 4.78 is 5.37. The second-order valence-electron chi connectivity index (χ2n) is 3.53. The van der Waals surface area contributed by atoms with Crippen LogP contribution < -0.4 is 4.74 Å². The Morgan fingerprint density at radius 1 is 1.18 bits per heavy atom. The summed E-state index contributed by atoms with van der Waals surface area (Å²) >= 11 is 0. The van der Waals surface area contributed by atoms with Gasteiger partial charge in [-0.15, -0.1) is 0 Å². The normalized spacial score (nSPS) is 9.65. The summed E-state index contributed by atoms with van der Waals surface area (Å²) in [4.78, 5) is 4.04. The lowest BCUT2D eigenvalue weighted by Gasteiger charge is -2.05. The number of aromatic nitrogens is 1. The number of hydrogen-bond acceptors (Lipinski definition) is 3. The van der Waals surface area contributed by atoms with Gasteiger partial charge in [0.15, 0.2) is 0 Å². The zero-order valence-corrected chi connectivity index (χ0v) is 9.55. The van der Waals surface area contributed by atoms with Gasteiger partial charge in [0.25, 0.3) is 0 Å². The minimum atomic E-state index is 0.566. The van der Waals surface area contributed by atoms with Crippen molar-refractivity contribution in [1.29, 1.82) is 5.26 Å². The quantitative estimate of drug-likeness (QED) is 0.805. The summed E-state index contributed by atoms with van der Waals surface area (Å²) in [6.07, 6.45) is 3.30. The fourth-order valence-corrected chi connectivity index (χ4v) is 1.57. The standard InChI is InChI=1S/C14H12N2O/c1-2-17-14-5-3-12(4-6-14)13-7-11(8-15)9-16-10-13/h3-7,9-10H,2H2,1H3. The average Bonchev–Trinajstić information content (AvgIpc) is 2.40. The molecule has 1 heterocycles. The maximum Gasteiger partial charge on any atom is 0.119 e. The van der Waals surface area contributed by atoms with E-state index in [2.05, 4.69) is 11.1 Å². The number of rotatable bonds is 3. The Bertz CT molecular complexity index is 541. The van der Waals surface area contributed by atoms with Crippen LogP contribution in [0.1, 0.15) is 12.5 Å². The van der Waals surface area contributed by atoms with E-state index in [1.54, 1.807) is 12.4 Å². The molecule has 0 unspecified atom stereocenters. The molecule has 0 radical (unpaired) electrons. The van der Waals surface area contributed by atoms with Crippen molar-refractivity contribution in [3.63, 3.8) is 0 Å². The molecular formula is C14H12N2O. The van der Waals surface area contributed by atoms with Crippen LogP contribution in [0.2, 0.25) is 0 Å². The van der Waals surface area contributed by atoms with Gasteiger partial charge in [0.05, 0.1) is 12.2 Å². The van der Waals surface area contributed by atoms with E-state index in [0.717, 1.165) is 16.9 Å². The van der Waals surface area contributed by atoms with Gasteiger partial charge in [-0.1, -0.05) is 12.1 Å². The van der Waals surface area contributed by atoms with Crippen molar-refractivity contribution in [2.45, 2.75) is 6.92 Å². The zero-order valence-electron chi connectivity index (χ0n) is 9.55. The maximum absolute atomic E-state index is 8.81. The SMILES string of the molecule is CCOc1ccc(-c2cncc(C#N)c2)cc1. The minimum Gasteiger partial charge on any atom is -0.494 e. The first kappa shape index (κ1) is 11.2. The third-order valence-electron chi connectivity index (χ3n) is 2.37. The molecule has 1 aromatic heterocycles. The Morgan fingerprint density at radius 3 is 2.59 bits per heavy atom. The molecule has 0 N–H and O–H groups in total. The largest absolute Gasteiger partial charge is 0.494 e. The molecule has 0 spiro atoms. The van der Waals surface area contributed by atoms with Crippen molar-refractivity contribution in [2.75, 3.05) is 6.61 Å². The number of nitrogens with zero attached hydrogens (tertiary/aromatic N) is 2. The van der Waals surface area contributed by atoms with Crippen LogP contribution in [0.4, 0.5) is 0 Å². The number of nitriles is 1. The molecule has 0 atom stereocenters. The molecular weight excluding hydrogens is 212 g/mol. The maximum atomic E-state index is 8.81. The summed E-state index contributed by atoms with van der Waals surface area (Å²) in [5.41, 5.74) is 2.53. The lowest BCUT2D eigenvalue weighted by molar-refractivity contribution is 0.340. The summed E-state index contributed by atoms with van der Waals surface area (Å²) in [5, 5.41) is 8.81. The van der Waals surface area contributed by atoms with Gasteiger partial charge in [-0.3, -0.25) is 4.98 Å². The highest BCUT2D eigenvalue weighted by atomic mass is 16.5. The third-order valence-corrected chi connectivity index (χ3v) is 2.37. The number of hydrogen-bond donors (Lipinski definition) is 0. The molecule has 0 aliphatic heterocycles. The van der Waals surface area contributed by atoms with Crippen LogP contribution in [0.5, 0.6) is 5.75 Å².